The minimum Gasteiger partial charge on any atom is -0.494 e. The summed E-state index contributed by atoms with van der Waals surface area (Å²) >= 11 is 3.76. The maximum atomic E-state index is 11.0. The third-order valence-corrected chi connectivity index (χ3v) is 2.43. The standard InChI is InChI=1S/C11H15NO2S/c1-4-14-10-6-5-9(7-8(10)2)12(3)11(13)15/h5-7H,4H2,1-3H3,(H,13,15). The lowest BCUT2D eigenvalue weighted by Crippen LogP contribution is -2.19. The molecule has 0 fully saturated rings. The van der Waals surface area contributed by atoms with Crippen molar-refractivity contribution in [2.45, 2.75) is 13.8 Å². The van der Waals surface area contributed by atoms with Crippen LogP contribution in [0.25, 0.3) is 0 Å². The Morgan fingerprint density at radius 2 is 2.20 bits per heavy atom. The second-order valence-corrected chi connectivity index (χ2v) is 3.61. The lowest BCUT2D eigenvalue weighted by atomic mass is 10.2. The molecule has 1 rings (SSSR count). The van der Waals surface area contributed by atoms with Crippen LogP contribution in [0.3, 0.4) is 0 Å². The van der Waals surface area contributed by atoms with Gasteiger partial charge in [-0.05, 0) is 37.6 Å². The van der Waals surface area contributed by atoms with Gasteiger partial charge in [-0.25, -0.2) is 0 Å². The van der Waals surface area contributed by atoms with Gasteiger partial charge in [-0.1, -0.05) is 12.6 Å². The number of aryl methyl sites for hydroxylation is 1. The number of carbonyl (C=O) groups excluding carboxylic acids is 1. The van der Waals surface area contributed by atoms with Crippen LogP contribution in [0.2, 0.25) is 0 Å². The largest absolute Gasteiger partial charge is 0.494 e. The molecule has 0 saturated heterocycles. The summed E-state index contributed by atoms with van der Waals surface area (Å²) in [6, 6.07) is 5.60. The first-order chi connectivity index (χ1) is 7.06. The lowest BCUT2D eigenvalue weighted by molar-refractivity contribution is 0.266. The van der Waals surface area contributed by atoms with Crippen molar-refractivity contribution in [3.8, 4) is 5.75 Å². The van der Waals surface area contributed by atoms with Crippen molar-refractivity contribution in [3.63, 3.8) is 0 Å². The van der Waals surface area contributed by atoms with Gasteiger partial charge in [0.15, 0.2) is 0 Å². The fraction of sp³-hybridized carbons (Fsp3) is 0.364. The monoisotopic (exact) mass is 225 g/mol. The van der Waals surface area contributed by atoms with Gasteiger partial charge in [0, 0.05) is 12.7 Å². The predicted octanol–water partition coefficient (Wildman–Crippen LogP) is 2.88. The van der Waals surface area contributed by atoms with Crippen LogP contribution in [-0.2, 0) is 0 Å². The highest BCUT2D eigenvalue weighted by Gasteiger charge is 2.08. The van der Waals surface area contributed by atoms with Crippen LogP contribution in [0.1, 0.15) is 12.5 Å². The Labute approximate surface area is 95.4 Å². The zero-order chi connectivity index (χ0) is 11.4. The molecular weight excluding hydrogens is 210 g/mol. The van der Waals surface area contributed by atoms with E-state index in [4.69, 9.17) is 4.74 Å². The molecule has 0 bridgehead atoms. The second kappa shape index (κ2) is 5.07. The van der Waals surface area contributed by atoms with Crippen molar-refractivity contribution in [3.05, 3.63) is 23.8 Å². The van der Waals surface area contributed by atoms with Gasteiger partial charge in [0.05, 0.1) is 6.61 Å². The van der Waals surface area contributed by atoms with Crippen molar-refractivity contribution in [2.75, 3.05) is 18.6 Å². The normalized spacial score (nSPS) is 9.87. The molecule has 0 radical (unpaired) electrons. The molecule has 0 aliphatic rings. The summed E-state index contributed by atoms with van der Waals surface area (Å²) < 4.78 is 5.41. The quantitative estimate of drug-likeness (QED) is 0.801. The van der Waals surface area contributed by atoms with Crippen LogP contribution >= 0.6 is 12.6 Å². The van der Waals surface area contributed by atoms with E-state index < -0.39 is 0 Å². The van der Waals surface area contributed by atoms with E-state index in [9.17, 15) is 4.79 Å². The average molecular weight is 225 g/mol. The number of anilines is 1. The van der Waals surface area contributed by atoms with Gasteiger partial charge in [-0.3, -0.25) is 4.79 Å². The molecule has 82 valence electrons. The third-order valence-electron chi connectivity index (χ3n) is 2.13. The Morgan fingerprint density at radius 1 is 1.53 bits per heavy atom. The van der Waals surface area contributed by atoms with Gasteiger partial charge in [0.2, 0.25) is 0 Å². The smallest absolute Gasteiger partial charge is 0.282 e. The third kappa shape index (κ3) is 2.89. The number of hydrogen-bond acceptors (Lipinski definition) is 2. The van der Waals surface area contributed by atoms with Gasteiger partial charge in [0.1, 0.15) is 5.75 Å². The van der Waals surface area contributed by atoms with E-state index in [-0.39, 0.29) is 5.24 Å². The van der Waals surface area contributed by atoms with Gasteiger partial charge in [-0.2, -0.15) is 0 Å². The first-order valence-corrected chi connectivity index (χ1v) is 5.21. The number of rotatable bonds is 3. The molecule has 1 aromatic rings. The highest BCUT2D eigenvalue weighted by Crippen LogP contribution is 2.24. The molecule has 1 aromatic carbocycles. The highest BCUT2D eigenvalue weighted by molar-refractivity contribution is 7.96. The lowest BCUT2D eigenvalue weighted by Gasteiger charge is -2.16. The Bertz CT molecular complexity index is 366. The molecule has 3 nitrogen and oxygen atoms in total. The Balaban J connectivity index is 2.95. The summed E-state index contributed by atoms with van der Waals surface area (Å²) in [4.78, 5) is 12.5. The number of thiol groups is 1. The van der Waals surface area contributed by atoms with Crippen molar-refractivity contribution in [1.82, 2.24) is 0 Å². The highest BCUT2D eigenvalue weighted by atomic mass is 32.1. The fourth-order valence-corrected chi connectivity index (χ4v) is 1.39. The summed E-state index contributed by atoms with van der Waals surface area (Å²) in [6.07, 6.45) is 0. The fourth-order valence-electron chi connectivity index (χ4n) is 1.27. The molecule has 0 spiro atoms. The number of benzene rings is 1. The summed E-state index contributed by atoms with van der Waals surface area (Å²) in [5, 5.41) is -0.279. The van der Waals surface area contributed by atoms with Crippen LogP contribution in [0, 0.1) is 6.92 Å². The SMILES string of the molecule is CCOc1ccc(N(C)C(=O)S)cc1C. The molecule has 0 unspecified atom stereocenters. The summed E-state index contributed by atoms with van der Waals surface area (Å²) in [6.45, 7) is 4.53. The number of ether oxygens (including phenoxy) is 1. The molecule has 1 amide bonds. The van der Waals surface area contributed by atoms with Gasteiger partial charge in [-0.15, -0.1) is 0 Å². The summed E-state index contributed by atoms with van der Waals surface area (Å²) in [5.41, 5.74) is 1.83. The van der Waals surface area contributed by atoms with Gasteiger partial charge in [0.25, 0.3) is 5.24 Å². The van der Waals surface area contributed by atoms with Crippen LogP contribution in [-0.4, -0.2) is 18.9 Å². The zero-order valence-corrected chi connectivity index (χ0v) is 10.0. The van der Waals surface area contributed by atoms with Crippen molar-refractivity contribution in [2.24, 2.45) is 0 Å². The van der Waals surface area contributed by atoms with Crippen LogP contribution < -0.4 is 9.64 Å². The molecule has 4 heteroatoms. The summed E-state index contributed by atoms with van der Waals surface area (Å²) in [7, 11) is 1.68. The van der Waals surface area contributed by atoms with Crippen LogP contribution in [0.5, 0.6) is 5.75 Å². The second-order valence-electron chi connectivity index (χ2n) is 3.22. The summed E-state index contributed by atoms with van der Waals surface area (Å²) in [5.74, 6) is 0.848. The van der Waals surface area contributed by atoms with Gasteiger partial charge < -0.3 is 9.64 Å². The molecular formula is C11H15NO2S. The van der Waals surface area contributed by atoms with E-state index in [0.29, 0.717) is 6.61 Å². The van der Waals surface area contributed by atoms with E-state index in [1.165, 1.54) is 4.90 Å². The molecule has 0 aromatic heterocycles. The van der Waals surface area contributed by atoms with E-state index >= 15 is 0 Å². The Morgan fingerprint density at radius 3 is 2.67 bits per heavy atom. The topological polar surface area (TPSA) is 29.5 Å². The molecule has 0 aliphatic carbocycles. The van der Waals surface area contributed by atoms with Crippen molar-refractivity contribution in [1.29, 1.82) is 0 Å². The number of hydrogen-bond donors (Lipinski definition) is 1. The van der Waals surface area contributed by atoms with E-state index in [0.717, 1.165) is 17.0 Å². The van der Waals surface area contributed by atoms with Crippen LogP contribution in [0.15, 0.2) is 18.2 Å². The number of amides is 1. The minimum atomic E-state index is -0.279. The number of carbonyl (C=O) groups is 1. The molecule has 0 N–H and O–H groups in total. The van der Waals surface area contributed by atoms with E-state index in [2.05, 4.69) is 12.6 Å². The van der Waals surface area contributed by atoms with Gasteiger partial charge >= 0.3 is 0 Å². The molecule has 15 heavy (non-hydrogen) atoms. The molecule has 0 saturated carbocycles. The first-order valence-electron chi connectivity index (χ1n) is 4.76. The van der Waals surface area contributed by atoms with E-state index in [1.54, 1.807) is 7.05 Å². The average Bonchev–Trinajstić information content (AvgIpc) is 2.20. The van der Waals surface area contributed by atoms with E-state index in [1.807, 2.05) is 32.0 Å². The zero-order valence-electron chi connectivity index (χ0n) is 9.15. The Hall–Kier alpha value is -1.16. The maximum absolute atomic E-state index is 11.0. The Kier molecular flexibility index (Phi) is 4.03. The predicted molar refractivity (Wildman–Crippen MR) is 65.1 cm³/mol. The molecule has 0 aliphatic heterocycles. The van der Waals surface area contributed by atoms with Crippen molar-refractivity contribution >= 4 is 23.6 Å². The maximum Gasteiger partial charge on any atom is 0.282 e. The molecule has 0 heterocycles. The minimum absolute atomic E-state index is 0.279. The van der Waals surface area contributed by atoms with Crippen molar-refractivity contribution < 1.29 is 9.53 Å². The number of nitrogens with zero attached hydrogens (tertiary/aromatic N) is 1. The van der Waals surface area contributed by atoms with Crippen LogP contribution in [0.4, 0.5) is 10.5 Å². The molecule has 0 atom stereocenters. The first kappa shape index (κ1) is 11.9.